The molecule has 3 nitrogen and oxygen atoms in total. The van der Waals surface area contributed by atoms with E-state index in [0.717, 1.165) is 24.2 Å². The van der Waals surface area contributed by atoms with Crippen molar-refractivity contribution >= 4 is 5.52 Å². The van der Waals surface area contributed by atoms with E-state index in [0.29, 0.717) is 5.92 Å². The molecule has 3 heteroatoms. The summed E-state index contributed by atoms with van der Waals surface area (Å²) in [5.41, 5.74) is 4.43. The smallest absolute Gasteiger partial charge is 0.0992 e. The van der Waals surface area contributed by atoms with Crippen LogP contribution in [0.2, 0.25) is 0 Å². The molecule has 110 valence electrons. The number of imidazole rings is 1. The second-order valence-corrected chi connectivity index (χ2v) is 7.47. The molecule has 1 N–H and O–H groups in total. The first-order chi connectivity index (χ1) is 10.3. The van der Waals surface area contributed by atoms with Gasteiger partial charge in [0.25, 0.3) is 0 Å². The van der Waals surface area contributed by atoms with Gasteiger partial charge >= 0.3 is 0 Å². The minimum absolute atomic E-state index is 0.0140. The van der Waals surface area contributed by atoms with Crippen molar-refractivity contribution in [3.8, 4) is 0 Å². The first-order valence-electron chi connectivity index (χ1n) is 8.41. The van der Waals surface area contributed by atoms with E-state index in [1.54, 1.807) is 11.1 Å². The van der Waals surface area contributed by atoms with Gasteiger partial charge < -0.3 is 9.51 Å². The predicted octanol–water partition coefficient (Wildman–Crippen LogP) is 3.16. The van der Waals surface area contributed by atoms with E-state index in [1.165, 1.54) is 37.6 Å². The number of pyridine rings is 1. The van der Waals surface area contributed by atoms with Crippen LogP contribution in [0, 0.1) is 17.8 Å². The van der Waals surface area contributed by atoms with Gasteiger partial charge in [-0.15, -0.1) is 0 Å². The molecule has 2 aromatic heterocycles. The fraction of sp³-hybridized carbons (Fsp3) is 0.611. The van der Waals surface area contributed by atoms with Crippen LogP contribution in [0.4, 0.5) is 0 Å². The SMILES string of the molecule is OC1CC2CC1CC2Cc1c(C2CC2)ccn2cncc12. The third-order valence-electron chi connectivity index (χ3n) is 6.19. The summed E-state index contributed by atoms with van der Waals surface area (Å²) in [6, 6.07) is 2.32. The lowest BCUT2D eigenvalue weighted by Gasteiger charge is -2.26. The zero-order valence-corrected chi connectivity index (χ0v) is 12.3. The van der Waals surface area contributed by atoms with Crippen LogP contribution in [-0.4, -0.2) is 20.6 Å². The van der Waals surface area contributed by atoms with Crippen LogP contribution < -0.4 is 0 Å². The molecule has 0 amide bonds. The lowest BCUT2D eigenvalue weighted by Crippen LogP contribution is -2.23. The van der Waals surface area contributed by atoms with Crippen LogP contribution in [0.25, 0.3) is 5.52 Å². The van der Waals surface area contributed by atoms with Crippen LogP contribution in [0.5, 0.6) is 0 Å². The molecular weight excluding hydrogens is 260 g/mol. The number of aromatic nitrogens is 2. The largest absolute Gasteiger partial charge is 0.393 e. The molecule has 0 spiro atoms. The Kier molecular flexibility index (Phi) is 2.52. The second-order valence-electron chi connectivity index (χ2n) is 7.47. The quantitative estimate of drug-likeness (QED) is 0.939. The molecule has 5 rings (SSSR count). The maximum Gasteiger partial charge on any atom is 0.0992 e. The van der Waals surface area contributed by atoms with E-state index in [4.69, 9.17) is 0 Å². The summed E-state index contributed by atoms with van der Waals surface area (Å²) in [4.78, 5) is 4.34. The average Bonchev–Trinajstić information content (AvgIpc) is 2.92. The molecule has 0 aliphatic heterocycles. The van der Waals surface area contributed by atoms with Crippen LogP contribution >= 0.6 is 0 Å². The van der Waals surface area contributed by atoms with Crippen LogP contribution in [-0.2, 0) is 6.42 Å². The van der Waals surface area contributed by atoms with Crippen LogP contribution in [0.3, 0.4) is 0 Å². The standard InChI is InChI=1S/C18H22N2O/c21-18-8-13-6-14(18)5-12(13)7-16-15(11-1-2-11)3-4-20-10-19-9-17(16)20/h3-4,9-14,18,21H,1-2,5-8H2. The minimum atomic E-state index is -0.0140. The Balaban J connectivity index is 1.52. The lowest BCUT2D eigenvalue weighted by molar-refractivity contribution is 0.0951. The maximum atomic E-state index is 9.98. The first kappa shape index (κ1) is 12.2. The number of rotatable bonds is 3. The lowest BCUT2D eigenvalue weighted by atomic mass is 9.82. The summed E-state index contributed by atoms with van der Waals surface area (Å²) >= 11 is 0. The number of aliphatic hydroxyl groups excluding tert-OH is 1. The Hall–Kier alpha value is -1.35. The Bertz CT molecular complexity index is 686. The van der Waals surface area contributed by atoms with Crippen molar-refractivity contribution in [3.05, 3.63) is 35.9 Å². The highest BCUT2D eigenvalue weighted by Gasteiger charge is 2.45. The fourth-order valence-corrected chi connectivity index (χ4v) is 4.94. The third-order valence-corrected chi connectivity index (χ3v) is 6.19. The molecule has 0 saturated heterocycles. The second kappa shape index (κ2) is 4.33. The number of fused-ring (bicyclic) bond motifs is 3. The first-order valence-corrected chi connectivity index (χ1v) is 8.41. The van der Waals surface area contributed by atoms with Gasteiger partial charge in [-0.3, -0.25) is 0 Å². The summed E-state index contributed by atoms with van der Waals surface area (Å²) < 4.78 is 2.17. The number of hydrogen-bond acceptors (Lipinski definition) is 2. The molecule has 2 bridgehead atoms. The molecule has 21 heavy (non-hydrogen) atoms. The Morgan fingerprint density at radius 1 is 1.19 bits per heavy atom. The van der Waals surface area contributed by atoms with Crippen molar-refractivity contribution in [2.24, 2.45) is 17.8 Å². The Labute approximate surface area is 125 Å². The molecule has 4 atom stereocenters. The van der Waals surface area contributed by atoms with Gasteiger partial charge in [-0.2, -0.15) is 0 Å². The van der Waals surface area contributed by atoms with Crippen molar-refractivity contribution in [3.63, 3.8) is 0 Å². The fourth-order valence-electron chi connectivity index (χ4n) is 4.94. The highest BCUT2D eigenvalue weighted by atomic mass is 16.3. The van der Waals surface area contributed by atoms with E-state index in [1.807, 2.05) is 12.5 Å². The van der Waals surface area contributed by atoms with E-state index < -0.39 is 0 Å². The number of nitrogens with zero attached hydrogens (tertiary/aromatic N) is 2. The number of hydrogen-bond donors (Lipinski definition) is 1. The molecule has 2 aromatic rings. The highest BCUT2D eigenvalue weighted by molar-refractivity contribution is 5.58. The molecule has 3 saturated carbocycles. The van der Waals surface area contributed by atoms with E-state index >= 15 is 0 Å². The van der Waals surface area contributed by atoms with E-state index in [9.17, 15) is 5.11 Å². The van der Waals surface area contributed by atoms with Gasteiger partial charge in [-0.05, 0) is 79.4 Å². The predicted molar refractivity (Wildman–Crippen MR) is 81.2 cm³/mol. The van der Waals surface area contributed by atoms with Crippen molar-refractivity contribution in [2.45, 2.75) is 50.5 Å². The van der Waals surface area contributed by atoms with Gasteiger partial charge in [-0.25, -0.2) is 4.98 Å². The maximum absolute atomic E-state index is 9.98. The monoisotopic (exact) mass is 282 g/mol. The molecule has 0 aromatic carbocycles. The van der Waals surface area contributed by atoms with Gasteiger partial charge in [0, 0.05) is 6.20 Å². The van der Waals surface area contributed by atoms with Crippen LogP contribution in [0.1, 0.15) is 49.1 Å². The Morgan fingerprint density at radius 3 is 2.81 bits per heavy atom. The molecular formula is C18H22N2O. The summed E-state index contributed by atoms with van der Waals surface area (Å²) in [6.45, 7) is 0. The van der Waals surface area contributed by atoms with Gasteiger partial charge in [0.1, 0.15) is 0 Å². The van der Waals surface area contributed by atoms with Gasteiger partial charge in [-0.1, -0.05) is 0 Å². The summed E-state index contributed by atoms with van der Waals surface area (Å²) in [5.74, 6) is 2.90. The van der Waals surface area contributed by atoms with Crippen molar-refractivity contribution < 1.29 is 5.11 Å². The summed E-state index contributed by atoms with van der Waals surface area (Å²) in [6.07, 6.45) is 13.5. The topological polar surface area (TPSA) is 37.5 Å². The highest BCUT2D eigenvalue weighted by Crippen LogP contribution is 2.51. The van der Waals surface area contributed by atoms with Crippen molar-refractivity contribution in [2.75, 3.05) is 0 Å². The van der Waals surface area contributed by atoms with Gasteiger partial charge in [0.05, 0.1) is 24.1 Å². The summed E-state index contributed by atoms with van der Waals surface area (Å²) in [7, 11) is 0. The molecule has 3 fully saturated rings. The van der Waals surface area contributed by atoms with Crippen molar-refractivity contribution in [1.82, 2.24) is 9.38 Å². The molecule has 4 unspecified atom stereocenters. The van der Waals surface area contributed by atoms with E-state index in [-0.39, 0.29) is 6.10 Å². The molecule has 0 radical (unpaired) electrons. The van der Waals surface area contributed by atoms with E-state index in [2.05, 4.69) is 21.6 Å². The molecule has 3 aliphatic rings. The number of aliphatic hydroxyl groups is 1. The molecule has 2 heterocycles. The molecule has 3 aliphatic carbocycles. The normalized spacial score (nSPS) is 34.9. The minimum Gasteiger partial charge on any atom is -0.393 e. The van der Waals surface area contributed by atoms with Crippen LogP contribution in [0.15, 0.2) is 24.8 Å². The Morgan fingerprint density at radius 2 is 2.10 bits per heavy atom. The zero-order chi connectivity index (χ0) is 14.0. The van der Waals surface area contributed by atoms with Gasteiger partial charge in [0.15, 0.2) is 0 Å². The zero-order valence-electron chi connectivity index (χ0n) is 12.3. The summed E-state index contributed by atoms with van der Waals surface area (Å²) in [5, 5.41) is 9.98. The average molecular weight is 282 g/mol. The van der Waals surface area contributed by atoms with Crippen molar-refractivity contribution in [1.29, 1.82) is 0 Å². The van der Waals surface area contributed by atoms with Gasteiger partial charge in [0.2, 0.25) is 0 Å². The third kappa shape index (κ3) is 1.87.